The van der Waals surface area contributed by atoms with Crippen molar-refractivity contribution in [1.29, 1.82) is 0 Å². The molecular formula is C16H18N2OS. The molecule has 4 heteroatoms. The van der Waals surface area contributed by atoms with Crippen molar-refractivity contribution >= 4 is 23.4 Å². The lowest BCUT2D eigenvalue weighted by atomic mass is 10.2. The predicted molar refractivity (Wildman–Crippen MR) is 84.5 cm³/mol. The molecule has 1 unspecified atom stereocenters. The largest absolute Gasteiger partial charge is 0.399 e. The highest BCUT2D eigenvalue weighted by atomic mass is 32.2. The van der Waals surface area contributed by atoms with Gasteiger partial charge in [0.05, 0.1) is 5.25 Å². The quantitative estimate of drug-likeness (QED) is 0.656. The van der Waals surface area contributed by atoms with Crippen molar-refractivity contribution in [3.05, 3.63) is 60.2 Å². The molecule has 1 amide bonds. The number of amides is 1. The lowest BCUT2D eigenvalue weighted by molar-refractivity contribution is -0.120. The van der Waals surface area contributed by atoms with Gasteiger partial charge >= 0.3 is 0 Å². The third-order valence-corrected chi connectivity index (χ3v) is 3.98. The summed E-state index contributed by atoms with van der Waals surface area (Å²) in [5.74, 6) is 0.0377. The Bertz CT molecular complexity index is 554. The number of benzene rings is 2. The number of carbonyl (C=O) groups excluding carboxylic acids is 1. The first kappa shape index (κ1) is 14.5. The molecule has 0 saturated carbocycles. The van der Waals surface area contributed by atoms with Crippen LogP contribution < -0.4 is 11.1 Å². The molecule has 0 aliphatic rings. The molecule has 3 N–H and O–H groups in total. The van der Waals surface area contributed by atoms with Gasteiger partial charge in [0.25, 0.3) is 0 Å². The normalized spacial score (nSPS) is 11.8. The first-order valence-electron chi connectivity index (χ1n) is 6.49. The molecule has 0 radical (unpaired) electrons. The molecule has 0 aliphatic carbocycles. The fourth-order valence-corrected chi connectivity index (χ4v) is 2.62. The van der Waals surface area contributed by atoms with E-state index in [1.807, 2.05) is 61.5 Å². The number of carbonyl (C=O) groups is 1. The maximum atomic E-state index is 12.0. The SMILES string of the molecule is CC(Sc1ccc(N)cc1)C(=O)NCc1ccccc1. The minimum Gasteiger partial charge on any atom is -0.399 e. The highest BCUT2D eigenvalue weighted by Crippen LogP contribution is 2.24. The van der Waals surface area contributed by atoms with E-state index in [9.17, 15) is 4.79 Å². The van der Waals surface area contributed by atoms with E-state index in [4.69, 9.17) is 5.73 Å². The van der Waals surface area contributed by atoms with Crippen LogP contribution in [0.5, 0.6) is 0 Å². The van der Waals surface area contributed by atoms with E-state index in [0.717, 1.165) is 16.1 Å². The van der Waals surface area contributed by atoms with Crippen LogP contribution in [0, 0.1) is 0 Å². The van der Waals surface area contributed by atoms with E-state index in [0.29, 0.717) is 6.54 Å². The maximum Gasteiger partial charge on any atom is 0.233 e. The van der Waals surface area contributed by atoms with Crippen LogP contribution in [-0.2, 0) is 11.3 Å². The van der Waals surface area contributed by atoms with Gasteiger partial charge in [-0.25, -0.2) is 0 Å². The van der Waals surface area contributed by atoms with Gasteiger partial charge in [-0.05, 0) is 36.8 Å². The van der Waals surface area contributed by atoms with Crippen LogP contribution in [0.1, 0.15) is 12.5 Å². The summed E-state index contributed by atoms with van der Waals surface area (Å²) < 4.78 is 0. The predicted octanol–water partition coefficient (Wildman–Crippen LogP) is 3.07. The number of nitrogen functional groups attached to an aromatic ring is 1. The van der Waals surface area contributed by atoms with Crippen LogP contribution in [0.3, 0.4) is 0 Å². The molecule has 1 atom stereocenters. The molecular weight excluding hydrogens is 268 g/mol. The van der Waals surface area contributed by atoms with E-state index in [1.54, 1.807) is 0 Å². The van der Waals surface area contributed by atoms with Crippen LogP contribution in [0.15, 0.2) is 59.5 Å². The molecule has 3 nitrogen and oxygen atoms in total. The van der Waals surface area contributed by atoms with Gasteiger partial charge in [0, 0.05) is 17.1 Å². The number of nitrogens with two attached hydrogens (primary N) is 1. The van der Waals surface area contributed by atoms with Gasteiger partial charge in [0.2, 0.25) is 5.91 Å². The Balaban J connectivity index is 1.84. The van der Waals surface area contributed by atoms with E-state index in [1.165, 1.54) is 11.8 Å². The first-order valence-corrected chi connectivity index (χ1v) is 7.37. The lowest BCUT2D eigenvalue weighted by Gasteiger charge is -2.12. The van der Waals surface area contributed by atoms with Crippen LogP contribution in [0.25, 0.3) is 0 Å². The van der Waals surface area contributed by atoms with Crippen molar-refractivity contribution in [2.45, 2.75) is 23.6 Å². The standard InChI is InChI=1S/C16H18N2OS/c1-12(20-15-9-7-14(17)8-10-15)16(19)18-11-13-5-3-2-4-6-13/h2-10,12H,11,17H2,1H3,(H,18,19). The van der Waals surface area contributed by atoms with Crippen molar-refractivity contribution in [1.82, 2.24) is 5.32 Å². The molecule has 20 heavy (non-hydrogen) atoms. The second-order valence-corrected chi connectivity index (χ2v) is 5.95. The van der Waals surface area contributed by atoms with Gasteiger partial charge in [-0.1, -0.05) is 30.3 Å². The van der Waals surface area contributed by atoms with Crippen molar-refractivity contribution in [3.8, 4) is 0 Å². The number of anilines is 1. The molecule has 0 aromatic heterocycles. The van der Waals surface area contributed by atoms with Gasteiger partial charge in [-0.15, -0.1) is 11.8 Å². The van der Waals surface area contributed by atoms with Crippen molar-refractivity contribution in [2.75, 3.05) is 5.73 Å². The van der Waals surface area contributed by atoms with Crippen LogP contribution >= 0.6 is 11.8 Å². The lowest BCUT2D eigenvalue weighted by Crippen LogP contribution is -2.30. The highest BCUT2D eigenvalue weighted by molar-refractivity contribution is 8.00. The van der Waals surface area contributed by atoms with E-state index in [2.05, 4.69) is 5.32 Å². The number of hydrogen-bond acceptors (Lipinski definition) is 3. The van der Waals surface area contributed by atoms with Crippen LogP contribution in [-0.4, -0.2) is 11.2 Å². The second kappa shape index (κ2) is 7.01. The number of thioether (sulfide) groups is 1. The fourth-order valence-electron chi connectivity index (χ4n) is 1.73. The van der Waals surface area contributed by atoms with Gasteiger partial charge < -0.3 is 11.1 Å². The van der Waals surface area contributed by atoms with Gasteiger partial charge in [-0.2, -0.15) is 0 Å². The van der Waals surface area contributed by atoms with Gasteiger partial charge in [0.1, 0.15) is 0 Å². The summed E-state index contributed by atoms with van der Waals surface area (Å²) in [5, 5.41) is 2.81. The maximum absolute atomic E-state index is 12.0. The molecule has 0 heterocycles. The number of rotatable bonds is 5. The Morgan fingerprint density at radius 1 is 1.15 bits per heavy atom. The smallest absolute Gasteiger partial charge is 0.233 e. The third kappa shape index (κ3) is 4.31. The molecule has 104 valence electrons. The zero-order valence-electron chi connectivity index (χ0n) is 11.4. The summed E-state index contributed by atoms with van der Waals surface area (Å²) in [6.07, 6.45) is 0. The average molecular weight is 286 g/mol. The summed E-state index contributed by atoms with van der Waals surface area (Å²) in [6.45, 7) is 2.47. The molecule has 2 rings (SSSR count). The Labute approximate surface area is 123 Å². The van der Waals surface area contributed by atoms with Gasteiger partial charge in [-0.3, -0.25) is 4.79 Å². The Morgan fingerprint density at radius 3 is 2.45 bits per heavy atom. The molecule has 0 fully saturated rings. The monoisotopic (exact) mass is 286 g/mol. The molecule has 0 bridgehead atoms. The summed E-state index contributed by atoms with van der Waals surface area (Å²) in [5.41, 5.74) is 7.48. The molecule has 2 aromatic carbocycles. The summed E-state index contributed by atoms with van der Waals surface area (Å²) in [6, 6.07) is 17.4. The van der Waals surface area contributed by atoms with Crippen molar-refractivity contribution in [3.63, 3.8) is 0 Å². The van der Waals surface area contributed by atoms with Crippen LogP contribution in [0.2, 0.25) is 0 Å². The van der Waals surface area contributed by atoms with E-state index in [-0.39, 0.29) is 11.2 Å². The molecule has 0 saturated heterocycles. The molecule has 0 aliphatic heterocycles. The third-order valence-electron chi connectivity index (χ3n) is 2.87. The minimum atomic E-state index is -0.137. The summed E-state index contributed by atoms with van der Waals surface area (Å²) in [4.78, 5) is 13.1. The van der Waals surface area contributed by atoms with Crippen molar-refractivity contribution < 1.29 is 4.79 Å². The number of hydrogen-bond donors (Lipinski definition) is 2. The second-order valence-electron chi connectivity index (χ2n) is 4.53. The van der Waals surface area contributed by atoms with Crippen LogP contribution in [0.4, 0.5) is 5.69 Å². The first-order chi connectivity index (χ1) is 9.65. The van der Waals surface area contributed by atoms with E-state index >= 15 is 0 Å². The van der Waals surface area contributed by atoms with Crippen molar-refractivity contribution in [2.24, 2.45) is 0 Å². The average Bonchev–Trinajstić information content (AvgIpc) is 2.48. The zero-order valence-corrected chi connectivity index (χ0v) is 12.2. The summed E-state index contributed by atoms with van der Waals surface area (Å²) >= 11 is 1.53. The van der Waals surface area contributed by atoms with E-state index < -0.39 is 0 Å². The topological polar surface area (TPSA) is 55.1 Å². The fraction of sp³-hybridized carbons (Fsp3) is 0.188. The Morgan fingerprint density at radius 2 is 1.80 bits per heavy atom. The highest BCUT2D eigenvalue weighted by Gasteiger charge is 2.13. The molecule has 0 spiro atoms. The Hall–Kier alpha value is -1.94. The Kier molecular flexibility index (Phi) is 5.07. The number of nitrogens with one attached hydrogen (secondary N) is 1. The zero-order chi connectivity index (χ0) is 14.4. The molecule has 2 aromatic rings. The van der Waals surface area contributed by atoms with Gasteiger partial charge in [0.15, 0.2) is 0 Å². The summed E-state index contributed by atoms with van der Waals surface area (Å²) in [7, 11) is 0. The minimum absolute atomic E-state index is 0.0377.